The Morgan fingerprint density at radius 1 is 1.32 bits per heavy atom. The average Bonchev–Trinajstić information content (AvgIpc) is 3.16. The summed E-state index contributed by atoms with van der Waals surface area (Å²) in [7, 11) is 0. The van der Waals surface area contributed by atoms with Gasteiger partial charge in [-0.2, -0.15) is 0 Å². The molecule has 100 valence electrons. The summed E-state index contributed by atoms with van der Waals surface area (Å²) in [5.41, 5.74) is 0.106. The first-order valence-corrected chi connectivity index (χ1v) is 6.50. The van der Waals surface area contributed by atoms with Crippen LogP contribution in [-0.4, -0.2) is 24.4 Å². The zero-order valence-electron chi connectivity index (χ0n) is 10.0. The number of carbonyl (C=O) groups excluding carboxylic acids is 2. The molecule has 0 radical (unpaired) electrons. The van der Waals surface area contributed by atoms with E-state index in [4.69, 9.17) is 11.6 Å². The molecular formula is C13H12ClFN2O2. The second kappa shape index (κ2) is 4.49. The van der Waals surface area contributed by atoms with Gasteiger partial charge in [0.05, 0.1) is 5.69 Å². The van der Waals surface area contributed by atoms with Gasteiger partial charge in [-0.25, -0.2) is 4.39 Å². The smallest absolute Gasteiger partial charge is 0.250 e. The number of hydrogen-bond donors (Lipinski definition) is 1. The molecule has 1 N–H and O–H groups in total. The standard InChI is InChI=1S/C13H12ClFN2O2/c14-8-3-4-10(9(15)5-8)17-6-11(18)16-12(13(17)19)7-1-2-7/h3-5,7,12H,1-2,6H2,(H,16,18). The zero-order chi connectivity index (χ0) is 13.6. The van der Waals surface area contributed by atoms with Crippen LogP contribution in [0.25, 0.3) is 0 Å². The van der Waals surface area contributed by atoms with Gasteiger partial charge in [-0.15, -0.1) is 0 Å². The normalized spacial score (nSPS) is 23.5. The van der Waals surface area contributed by atoms with Crippen molar-refractivity contribution in [3.63, 3.8) is 0 Å². The number of nitrogens with one attached hydrogen (secondary N) is 1. The maximum Gasteiger partial charge on any atom is 0.250 e. The molecule has 4 nitrogen and oxygen atoms in total. The van der Waals surface area contributed by atoms with Crippen molar-refractivity contribution in [3.05, 3.63) is 29.0 Å². The fraction of sp³-hybridized carbons (Fsp3) is 0.385. The van der Waals surface area contributed by atoms with Crippen molar-refractivity contribution >= 4 is 29.1 Å². The first-order valence-electron chi connectivity index (χ1n) is 6.12. The van der Waals surface area contributed by atoms with Crippen LogP contribution in [0.5, 0.6) is 0 Å². The molecule has 19 heavy (non-hydrogen) atoms. The van der Waals surface area contributed by atoms with E-state index in [1.54, 1.807) is 0 Å². The number of anilines is 1. The van der Waals surface area contributed by atoms with Crippen molar-refractivity contribution in [2.24, 2.45) is 5.92 Å². The Kier molecular flexibility index (Phi) is 2.93. The van der Waals surface area contributed by atoms with Crippen LogP contribution in [0.1, 0.15) is 12.8 Å². The molecule has 2 amide bonds. The number of amides is 2. The third-order valence-corrected chi connectivity index (χ3v) is 3.68. The number of benzene rings is 1. The van der Waals surface area contributed by atoms with E-state index >= 15 is 0 Å². The Hall–Kier alpha value is -1.62. The van der Waals surface area contributed by atoms with Gasteiger partial charge >= 0.3 is 0 Å². The highest BCUT2D eigenvalue weighted by Crippen LogP contribution is 2.35. The SMILES string of the molecule is O=C1CN(c2ccc(Cl)cc2F)C(=O)C(C2CC2)N1. The third kappa shape index (κ3) is 2.30. The second-order valence-electron chi connectivity index (χ2n) is 4.90. The lowest BCUT2D eigenvalue weighted by Crippen LogP contribution is -2.59. The summed E-state index contributed by atoms with van der Waals surface area (Å²) in [6, 6.07) is 3.56. The maximum atomic E-state index is 13.9. The molecule has 0 bridgehead atoms. The summed E-state index contributed by atoms with van der Waals surface area (Å²) < 4.78 is 13.9. The Balaban J connectivity index is 1.93. The molecule has 1 aromatic carbocycles. The Labute approximate surface area is 114 Å². The molecular weight excluding hydrogens is 271 g/mol. The van der Waals surface area contributed by atoms with Gasteiger partial charge in [0.25, 0.3) is 0 Å². The predicted molar refractivity (Wildman–Crippen MR) is 68.4 cm³/mol. The van der Waals surface area contributed by atoms with Gasteiger partial charge in [-0.3, -0.25) is 14.5 Å². The lowest BCUT2D eigenvalue weighted by molar-refractivity contribution is -0.131. The van der Waals surface area contributed by atoms with Crippen molar-refractivity contribution in [3.8, 4) is 0 Å². The van der Waals surface area contributed by atoms with E-state index in [-0.39, 0.29) is 35.0 Å². The van der Waals surface area contributed by atoms with E-state index in [0.29, 0.717) is 0 Å². The second-order valence-corrected chi connectivity index (χ2v) is 5.34. The molecule has 1 aromatic rings. The Bertz CT molecular complexity index is 560. The van der Waals surface area contributed by atoms with Crippen LogP contribution < -0.4 is 10.2 Å². The van der Waals surface area contributed by atoms with Crippen LogP contribution in [0.15, 0.2) is 18.2 Å². The van der Waals surface area contributed by atoms with Gasteiger partial charge in [0, 0.05) is 5.02 Å². The maximum absolute atomic E-state index is 13.9. The number of carbonyl (C=O) groups is 2. The van der Waals surface area contributed by atoms with E-state index < -0.39 is 11.9 Å². The quantitative estimate of drug-likeness (QED) is 0.898. The van der Waals surface area contributed by atoms with Crippen LogP contribution in [0.4, 0.5) is 10.1 Å². The minimum absolute atomic E-state index is 0.106. The molecule has 1 heterocycles. The highest BCUT2D eigenvalue weighted by Gasteiger charge is 2.43. The predicted octanol–water partition coefficient (Wildman–Crippen LogP) is 1.72. The van der Waals surface area contributed by atoms with Crippen molar-refractivity contribution in [1.82, 2.24) is 5.32 Å². The fourth-order valence-corrected chi connectivity index (χ4v) is 2.48. The fourth-order valence-electron chi connectivity index (χ4n) is 2.32. The van der Waals surface area contributed by atoms with Gasteiger partial charge in [0.2, 0.25) is 11.8 Å². The van der Waals surface area contributed by atoms with E-state index in [0.717, 1.165) is 18.9 Å². The highest BCUT2D eigenvalue weighted by molar-refractivity contribution is 6.30. The van der Waals surface area contributed by atoms with Gasteiger partial charge in [0.15, 0.2) is 0 Å². The zero-order valence-corrected chi connectivity index (χ0v) is 10.8. The van der Waals surface area contributed by atoms with Crippen LogP contribution in [-0.2, 0) is 9.59 Å². The molecule has 0 aromatic heterocycles. The van der Waals surface area contributed by atoms with Crippen molar-refractivity contribution in [2.75, 3.05) is 11.4 Å². The van der Waals surface area contributed by atoms with Gasteiger partial charge in [-0.1, -0.05) is 11.6 Å². The van der Waals surface area contributed by atoms with Gasteiger partial charge in [0.1, 0.15) is 18.4 Å². The van der Waals surface area contributed by atoms with Gasteiger partial charge < -0.3 is 5.32 Å². The first-order chi connectivity index (χ1) is 9.06. The summed E-state index contributed by atoms with van der Waals surface area (Å²) in [5, 5.41) is 2.94. The third-order valence-electron chi connectivity index (χ3n) is 3.44. The largest absolute Gasteiger partial charge is 0.342 e. The highest BCUT2D eigenvalue weighted by atomic mass is 35.5. The van der Waals surface area contributed by atoms with Gasteiger partial charge in [-0.05, 0) is 37.0 Å². The number of nitrogens with zero attached hydrogens (tertiary/aromatic N) is 1. The summed E-state index contributed by atoms with van der Waals surface area (Å²) in [6.45, 7) is -0.152. The minimum Gasteiger partial charge on any atom is -0.342 e. The number of halogens is 2. The molecule has 0 spiro atoms. The van der Waals surface area contributed by atoms with E-state index in [1.165, 1.54) is 17.0 Å². The van der Waals surface area contributed by atoms with Crippen molar-refractivity contribution < 1.29 is 14.0 Å². The van der Waals surface area contributed by atoms with E-state index in [9.17, 15) is 14.0 Å². The molecule has 6 heteroatoms. The van der Waals surface area contributed by atoms with E-state index in [1.807, 2.05) is 0 Å². The molecule has 1 unspecified atom stereocenters. The number of rotatable bonds is 2. The molecule has 1 saturated carbocycles. The van der Waals surface area contributed by atoms with Crippen LogP contribution >= 0.6 is 11.6 Å². The topological polar surface area (TPSA) is 49.4 Å². The Morgan fingerprint density at radius 2 is 2.05 bits per heavy atom. The average molecular weight is 283 g/mol. The van der Waals surface area contributed by atoms with Crippen LogP contribution in [0, 0.1) is 11.7 Å². The molecule has 1 atom stereocenters. The summed E-state index contributed by atoms with van der Waals surface area (Å²) >= 11 is 5.69. The molecule has 1 saturated heterocycles. The van der Waals surface area contributed by atoms with Crippen molar-refractivity contribution in [1.29, 1.82) is 0 Å². The van der Waals surface area contributed by atoms with E-state index in [2.05, 4.69) is 5.32 Å². The number of piperazine rings is 1. The summed E-state index contributed by atoms with van der Waals surface area (Å²) in [6.07, 6.45) is 1.85. The minimum atomic E-state index is -0.593. The lowest BCUT2D eigenvalue weighted by atomic mass is 10.1. The molecule has 2 aliphatic rings. The first kappa shape index (κ1) is 12.4. The lowest BCUT2D eigenvalue weighted by Gasteiger charge is -2.32. The number of hydrogen-bond acceptors (Lipinski definition) is 2. The van der Waals surface area contributed by atoms with Crippen molar-refractivity contribution in [2.45, 2.75) is 18.9 Å². The molecule has 1 aliphatic heterocycles. The monoisotopic (exact) mass is 282 g/mol. The molecule has 1 aliphatic carbocycles. The Morgan fingerprint density at radius 3 is 2.68 bits per heavy atom. The van der Waals surface area contributed by atoms with Crippen LogP contribution in [0.2, 0.25) is 5.02 Å². The summed E-state index contributed by atoms with van der Waals surface area (Å²) in [5.74, 6) is -0.908. The van der Waals surface area contributed by atoms with Crippen LogP contribution in [0.3, 0.4) is 0 Å². The molecule has 2 fully saturated rings. The summed E-state index contributed by atoms with van der Waals surface area (Å²) in [4.78, 5) is 25.2. The molecule has 3 rings (SSSR count).